The Kier molecular flexibility index (Phi) is 6.57. The van der Waals surface area contributed by atoms with Crippen LogP contribution in [0.1, 0.15) is 21.5 Å². The van der Waals surface area contributed by atoms with Gasteiger partial charge in [0.2, 0.25) is 12.7 Å². The highest BCUT2D eigenvalue weighted by Gasteiger charge is 2.19. The molecule has 0 unspecified atom stereocenters. The fourth-order valence-corrected chi connectivity index (χ4v) is 3.40. The van der Waals surface area contributed by atoms with E-state index in [2.05, 4.69) is 15.3 Å². The lowest BCUT2D eigenvalue weighted by Gasteiger charge is -2.12. The van der Waals surface area contributed by atoms with Gasteiger partial charge < -0.3 is 24.3 Å². The predicted octanol–water partition coefficient (Wildman–Crippen LogP) is 4.78. The smallest absolute Gasteiger partial charge is 0.257 e. The van der Waals surface area contributed by atoms with Crippen LogP contribution in [0.4, 0.5) is 8.78 Å². The minimum absolute atomic E-state index is 0.0929. The Balaban J connectivity index is 1.24. The van der Waals surface area contributed by atoms with Crippen molar-refractivity contribution < 1.29 is 32.5 Å². The normalized spacial score (nSPS) is 11.7. The lowest BCUT2D eigenvalue weighted by atomic mass is 10.2. The molecular formula is C26H19F2N3O5. The number of carbonyl (C=O) groups is 1. The van der Waals surface area contributed by atoms with Crippen LogP contribution in [0.15, 0.2) is 73.2 Å². The third-order valence-corrected chi connectivity index (χ3v) is 5.24. The number of benzene rings is 2. The van der Waals surface area contributed by atoms with Crippen LogP contribution < -0.4 is 24.3 Å². The quantitative estimate of drug-likeness (QED) is 0.379. The summed E-state index contributed by atoms with van der Waals surface area (Å²) in [7, 11) is 0. The molecule has 0 bridgehead atoms. The highest BCUT2D eigenvalue weighted by molar-refractivity contribution is 5.96. The van der Waals surface area contributed by atoms with Gasteiger partial charge >= 0.3 is 0 Å². The zero-order valence-corrected chi connectivity index (χ0v) is 18.7. The maximum atomic E-state index is 14.6. The summed E-state index contributed by atoms with van der Waals surface area (Å²) in [4.78, 5) is 20.6. The molecule has 0 aliphatic carbocycles. The Morgan fingerprint density at radius 3 is 2.61 bits per heavy atom. The first kappa shape index (κ1) is 23.0. The molecule has 2 aromatic carbocycles. The van der Waals surface area contributed by atoms with Crippen LogP contribution in [0.25, 0.3) is 0 Å². The fourth-order valence-electron chi connectivity index (χ4n) is 3.40. The molecule has 0 radical (unpaired) electrons. The summed E-state index contributed by atoms with van der Waals surface area (Å²) in [6.45, 7) is 0.210. The molecule has 1 aliphatic heterocycles. The molecule has 1 amide bonds. The van der Waals surface area contributed by atoms with E-state index >= 15 is 0 Å². The zero-order chi connectivity index (χ0) is 24.9. The van der Waals surface area contributed by atoms with Crippen molar-refractivity contribution in [2.45, 2.75) is 13.2 Å². The molecule has 2 aromatic heterocycles. The monoisotopic (exact) mass is 491 g/mol. The number of fused-ring (bicyclic) bond motifs is 1. The van der Waals surface area contributed by atoms with Crippen molar-refractivity contribution in [1.29, 1.82) is 0 Å². The van der Waals surface area contributed by atoms with Gasteiger partial charge in [0.05, 0.1) is 6.20 Å². The van der Waals surface area contributed by atoms with Crippen LogP contribution in [-0.2, 0) is 13.2 Å². The summed E-state index contributed by atoms with van der Waals surface area (Å²) in [5.74, 6) is -0.388. The van der Waals surface area contributed by atoms with Crippen LogP contribution in [0, 0.1) is 11.6 Å². The molecule has 4 aromatic rings. The summed E-state index contributed by atoms with van der Waals surface area (Å²) in [5.41, 5.74) is 0.969. The van der Waals surface area contributed by atoms with Gasteiger partial charge in [-0.25, -0.2) is 13.8 Å². The predicted molar refractivity (Wildman–Crippen MR) is 123 cm³/mol. The van der Waals surface area contributed by atoms with Crippen LogP contribution >= 0.6 is 0 Å². The number of rotatable bonds is 8. The Labute approximate surface area is 204 Å². The first-order valence-corrected chi connectivity index (χ1v) is 10.9. The summed E-state index contributed by atoms with van der Waals surface area (Å²) in [6.07, 6.45) is 4.22. The van der Waals surface area contributed by atoms with Crippen molar-refractivity contribution in [3.8, 4) is 28.9 Å². The third-order valence-electron chi connectivity index (χ3n) is 5.24. The maximum Gasteiger partial charge on any atom is 0.257 e. The first-order chi connectivity index (χ1) is 17.5. The molecule has 1 aliphatic rings. The number of nitrogens with one attached hydrogen (secondary N) is 1. The topological polar surface area (TPSA) is 91.8 Å². The van der Waals surface area contributed by atoms with E-state index in [9.17, 15) is 13.6 Å². The number of aromatic nitrogens is 2. The summed E-state index contributed by atoms with van der Waals surface area (Å²) in [6, 6.07) is 13.8. The van der Waals surface area contributed by atoms with Gasteiger partial charge in [-0.1, -0.05) is 6.07 Å². The lowest BCUT2D eigenvalue weighted by molar-refractivity contribution is 0.0947. The largest absolute Gasteiger partial charge is 0.489 e. The minimum Gasteiger partial charge on any atom is -0.489 e. The number of ether oxygens (including phenoxy) is 4. The van der Waals surface area contributed by atoms with Gasteiger partial charge in [-0.15, -0.1) is 0 Å². The highest BCUT2D eigenvalue weighted by Crippen LogP contribution is 2.36. The van der Waals surface area contributed by atoms with Gasteiger partial charge in [-0.3, -0.25) is 9.78 Å². The molecule has 1 N–H and O–H groups in total. The van der Waals surface area contributed by atoms with Gasteiger partial charge in [0.25, 0.3) is 5.91 Å². The van der Waals surface area contributed by atoms with E-state index in [1.165, 1.54) is 12.1 Å². The summed E-state index contributed by atoms with van der Waals surface area (Å²) < 4.78 is 50.4. The van der Waals surface area contributed by atoms with Crippen LogP contribution in [-0.4, -0.2) is 22.7 Å². The van der Waals surface area contributed by atoms with Gasteiger partial charge in [0.1, 0.15) is 35.3 Å². The van der Waals surface area contributed by atoms with E-state index in [1.807, 2.05) is 0 Å². The number of nitrogens with zero attached hydrogens (tertiary/aromatic N) is 2. The fraction of sp³-hybridized carbons (Fsp3) is 0.115. The van der Waals surface area contributed by atoms with E-state index in [0.717, 1.165) is 17.8 Å². The number of hydrogen-bond acceptors (Lipinski definition) is 7. The van der Waals surface area contributed by atoms with Crippen LogP contribution in [0.5, 0.6) is 28.9 Å². The molecule has 0 saturated carbocycles. The molecule has 182 valence electrons. The van der Waals surface area contributed by atoms with Crippen molar-refractivity contribution in [2.24, 2.45) is 0 Å². The summed E-state index contributed by atoms with van der Waals surface area (Å²) >= 11 is 0. The van der Waals surface area contributed by atoms with Crippen molar-refractivity contribution in [2.75, 3.05) is 6.79 Å². The minimum atomic E-state index is -0.722. The second kappa shape index (κ2) is 10.3. The number of pyridine rings is 2. The maximum absolute atomic E-state index is 14.6. The third kappa shape index (κ3) is 5.33. The van der Waals surface area contributed by atoms with Gasteiger partial charge in [-0.05, 0) is 42.0 Å². The molecule has 0 saturated heterocycles. The molecule has 8 nitrogen and oxygen atoms in total. The SMILES string of the molecule is O=C(NCc1ccc(OCc2ccncc2)cc1F)c1cc(F)cnc1Oc1ccc2c(c1)OCO2. The number of halogens is 2. The van der Waals surface area contributed by atoms with E-state index in [-0.39, 0.29) is 37.0 Å². The second-order valence-corrected chi connectivity index (χ2v) is 7.70. The molecular weight excluding hydrogens is 472 g/mol. The van der Waals surface area contributed by atoms with Gasteiger partial charge in [-0.2, -0.15) is 0 Å². The highest BCUT2D eigenvalue weighted by atomic mass is 19.1. The zero-order valence-electron chi connectivity index (χ0n) is 18.7. The van der Waals surface area contributed by atoms with E-state index in [0.29, 0.717) is 23.0 Å². The van der Waals surface area contributed by atoms with E-state index < -0.39 is 17.5 Å². The first-order valence-electron chi connectivity index (χ1n) is 10.9. The average molecular weight is 491 g/mol. The second-order valence-electron chi connectivity index (χ2n) is 7.70. The molecule has 10 heteroatoms. The summed E-state index contributed by atoms with van der Waals surface area (Å²) in [5, 5.41) is 2.57. The molecule has 0 fully saturated rings. The molecule has 5 rings (SSSR count). The Morgan fingerprint density at radius 1 is 0.972 bits per heavy atom. The Bertz CT molecular complexity index is 1400. The van der Waals surface area contributed by atoms with Crippen LogP contribution in [0.2, 0.25) is 0 Å². The molecule has 36 heavy (non-hydrogen) atoms. The Hall–Kier alpha value is -4.73. The molecule has 3 heterocycles. The number of carbonyl (C=O) groups excluding carboxylic acids is 1. The molecule has 0 spiro atoms. The van der Waals surface area contributed by atoms with Crippen LogP contribution in [0.3, 0.4) is 0 Å². The standard InChI is InChI=1S/C26H19F2N3O5/c27-18-9-21(26(31-13-18)36-20-3-4-23-24(11-20)35-15-34-23)25(32)30-12-17-1-2-19(10-22(17)28)33-14-16-5-7-29-8-6-16/h1-11,13H,12,14-15H2,(H,30,32). The lowest BCUT2D eigenvalue weighted by Crippen LogP contribution is -2.24. The van der Waals surface area contributed by atoms with E-state index in [4.69, 9.17) is 18.9 Å². The van der Waals surface area contributed by atoms with Crippen molar-refractivity contribution in [3.63, 3.8) is 0 Å². The van der Waals surface area contributed by atoms with Crippen molar-refractivity contribution in [3.05, 3.63) is 102 Å². The van der Waals surface area contributed by atoms with Crippen molar-refractivity contribution in [1.82, 2.24) is 15.3 Å². The van der Waals surface area contributed by atoms with E-state index in [1.54, 1.807) is 48.8 Å². The molecule has 0 atom stereocenters. The number of amides is 1. The number of hydrogen-bond donors (Lipinski definition) is 1. The Morgan fingerprint density at radius 2 is 1.78 bits per heavy atom. The average Bonchev–Trinajstić information content (AvgIpc) is 3.36. The van der Waals surface area contributed by atoms with Crippen molar-refractivity contribution >= 4 is 5.91 Å². The van der Waals surface area contributed by atoms with Gasteiger partial charge in [0, 0.05) is 36.6 Å². The van der Waals surface area contributed by atoms with Gasteiger partial charge in [0.15, 0.2) is 11.5 Å².